The Bertz CT molecular complexity index is 1030. The number of fused-ring (bicyclic) bond motifs is 2. The van der Waals surface area contributed by atoms with Crippen molar-refractivity contribution in [2.24, 2.45) is 0 Å². The van der Waals surface area contributed by atoms with Crippen LogP contribution in [0, 0.1) is 11.3 Å². The van der Waals surface area contributed by atoms with Gasteiger partial charge in [-0.25, -0.2) is 9.97 Å². The number of nitrogens with zero attached hydrogens (tertiary/aromatic N) is 4. The number of halogens is 1. The van der Waals surface area contributed by atoms with Crippen molar-refractivity contribution in [3.63, 3.8) is 0 Å². The van der Waals surface area contributed by atoms with Gasteiger partial charge in [-0.05, 0) is 42.5 Å². The van der Waals surface area contributed by atoms with Gasteiger partial charge in [0.25, 0.3) is 5.91 Å². The van der Waals surface area contributed by atoms with Gasteiger partial charge in [0.2, 0.25) is 5.95 Å². The molecule has 1 saturated heterocycles. The van der Waals surface area contributed by atoms with Crippen LogP contribution in [0.5, 0.6) is 0 Å². The highest BCUT2D eigenvalue weighted by molar-refractivity contribution is 6.30. The number of hydrogen-bond acceptors (Lipinski definition) is 6. The molecule has 0 saturated carbocycles. The van der Waals surface area contributed by atoms with E-state index in [1.165, 1.54) is 0 Å². The second kappa shape index (κ2) is 7.29. The van der Waals surface area contributed by atoms with Crippen LogP contribution in [0.3, 0.4) is 0 Å². The first-order valence-corrected chi connectivity index (χ1v) is 10.2. The van der Waals surface area contributed by atoms with Crippen molar-refractivity contribution in [3.05, 3.63) is 51.3 Å². The predicted molar refractivity (Wildman–Crippen MR) is 107 cm³/mol. The molecule has 1 aliphatic carbocycles. The summed E-state index contributed by atoms with van der Waals surface area (Å²) in [5.41, 5.74) is 4.14. The van der Waals surface area contributed by atoms with Gasteiger partial charge >= 0.3 is 0 Å². The Morgan fingerprint density at radius 3 is 3.03 bits per heavy atom. The average molecular weight is 410 g/mol. The molecule has 3 heterocycles. The fourth-order valence-corrected chi connectivity index (χ4v) is 4.78. The van der Waals surface area contributed by atoms with Crippen LogP contribution in [0.1, 0.15) is 39.2 Å². The Labute approximate surface area is 173 Å². The van der Waals surface area contributed by atoms with Gasteiger partial charge in [0.15, 0.2) is 0 Å². The smallest absolute Gasteiger partial charge is 0.257 e. The molecule has 1 fully saturated rings. The lowest BCUT2D eigenvalue weighted by atomic mass is 10.0. The summed E-state index contributed by atoms with van der Waals surface area (Å²) in [5, 5.41) is 13.3. The topological polar surface area (TPSA) is 91.1 Å². The van der Waals surface area contributed by atoms with Crippen molar-refractivity contribution in [1.82, 2.24) is 14.9 Å². The quantitative estimate of drug-likeness (QED) is 0.836. The first-order chi connectivity index (χ1) is 14.1. The fourth-order valence-electron chi connectivity index (χ4n) is 4.54. The molecule has 1 amide bonds. The number of nitrogens with one attached hydrogen (secondary N) is 1. The largest absolute Gasteiger partial charge is 0.379 e. The van der Waals surface area contributed by atoms with Crippen molar-refractivity contribution in [1.29, 1.82) is 5.26 Å². The van der Waals surface area contributed by atoms with Gasteiger partial charge in [-0.15, -0.1) is 0 Å². The van der Waals surface area contributed by atoms with Gasteiger partial charge in [-0.3, -0.25) is 4.79 Å². The van der Waals surface area contributed by atoms with E-state index in [0.717, 1.165) is 36.1 Å². The standard InChI is InChI=1S/C21H20ClN5O2/c22-14-5-12-7-15(8-17(12)13(6-14)9-23)25-21-24-10-18-19(26-21)1-3-27(20(18)28)16-2-4-29-11-16/h5-6,10,15-16H,1-4,7-8,11H2,(H,24,25,26)/t15-,16-/m0/s1. The highest BCUT2D eigenvalue weighted by Gasteiger charge is 2.33. The van der Waals surface area contributed by atoms with Crippen molar-refractivity contribution in [2.75, 3.05) is 25.1 Å². The van der Waals surface area contributed by atoms with E-state index >= 15 is 0 Å². The SMILES string of the molecule is N#Cc1cc(Cl)cc2c1C[C@@H](Nc1ncc3c(n1)CCN([C@H]1CCOC1)C3=O)C2. The molecule has 5 rings (SSSR count). The van der Waals surface area contributed by atoms with Crippen molar-refractivity contribution < 1.29 is 9.53 Å². The van der Waals surface area contributed by atoms with E-state index in [4.69, 9.17) is 16.3 Å². The van der Waals surface area contributed by atoms with Crippen LogP contribution in [0.4, 0.5) is 5.95 Å². The molecule has 148 valence electrons. The van der Waals surface area contributed by atoms with E-state index in [0.29, 0.717) is 48.3 Å². The van der Waals surface area contributed by atoms with E-state index in [2.05, 4.69) is 21.4 Å². The number of aromatic nitrogens is 2. The molecule has 2 aromatic rings. The molecule has 7 nitrogen and oxygen atoms in total. The predicted octanol–water partition coefficient (Wildman–Crippen LogP) is 2.37. The van der Waals surface area contributed by atoms with Crippen LogP contribution in [0.15, 0.2) is 18.3 Å². The molecule has 1 aromatic carbocycles. The lowest BCUT2D eigenvalue weighted by molar-refractivity contribution is 0.0633. The zero-order chi connectivity index (χ0) is 20.0. The molecule has 0 unspecified atom stereocenters. The summed E-state index contributed by atoms with van der Waals surface area (Å²) in [6, 6.07) is 6.12. The molecule has 29 heavy (non-hydrogen) atoms. The first-order valence-electron chi connectivity index (χ1n) is 9.85. The Kier molecular flexibility index (Phi) is 4.61. The lowest BCUT2D eigenvalue weighted by Crippen LogP contribution is -2.45. The number of benzene rings is 1. The van der Waals surface area contributed by atoms with Gasteiger partial charge < -0.3 is 15.0 Å². The molecule has 1 N–H and O–H groups in total. The van der Waals surface area contributed by atoms with Crippen molar-refractivity contribution >= 4 is 23.5 Å². The summed E-state index contributed by atoms with van der Waals surface area (Å²) in [4.78, 5) is 23.8. The summed E-state index contributed by atoms with van der Waals surface area (Å²) in [7, 11) is 0. The number of ether oxygens (including phenoxy) is 1. The third-order valence-electron chi connectivity index (χ3n) is 5.97. The molecular formula is C21H20ClN5O2. The van der Waals surface area contributed by atoms with Crippen LogP contribution < -0.4 is 5.32 Å². The second-order valence-corrected chi connectivity index (χ2v) is 8.21. The Morgan fingerprint density at radius 2 is 2.24 bits per heavy atom. The zero-order valence-electron chi connectivity index (χ0n) is 15.8. The third-order valence-corrected chi connectivity index (χ3v) is 6.19. The maximum atomic E-state index is 12.8. The van der Waals surface area contributed by atoms with E-state index in [1.807, 2.05) is 11.0 Å². The number of nitriles is 1. The summed E-state index contributed by atoms with van der Waals surface area (Å²) < 4.78 is 5.43. The van der Waals surface area contributed by atoms with Crippen molar-refractivity contribution in [2.45, 2.75) is 37.8 Å². The summed E-state index contributed by atoms with van der Waals surface area (Å²) in [5.74, 6) is 0.520. The number of carbonyl (C=O) groups excluding carboxylic acids is 1. The first kappa shape index (κ1) is 18.3. The van der Waals surface area contributed by atoms with Crippen LogP contribution in [-0.2, 0) is 24.0 Å². The lowest BCUT2D eigenvalue weighted by Gasteiger charge is -2.32. The van der Waals surface area contributed by atoms with Gasteiger partial charge in [0.05, 0.1) is 35.5 Å². The van der Waals surface area contributed by atoms with Crippen LogP contribution in [0.2, 0.25) is 5.02 Å². The minimum atomic E-state index is -0.00475. The summed E-state index contributed by atoms with van der Waals surface area (Å²) >= 11 is 6.13. The Balaban J connectivity index is 1.32. The number of hydrogen-bond donors (Lipinski definition) is 1. The fraction of sp³-hybridized carbons (Fsp3) is 0.429. The van der Waals surface area contributed by atoms with Gasteiger partial charge in [-0.2, -0.15) is 5.26 Å². The van der Waals surface area contributed by atoms with Crippen LogP contribution in [0.25, 0.3) is 0 Å². The molecular weight excluding hydrogens is 390 g/mol. The molecule has 2 aliphatic heterocycles. The molecule has 0 spiro atoms. The number of rotatable bonds is 3. The van der Waals surface area contributed by atoms with E-state index < -0.39 is 0 Å². The number of anilines is 1. The minimum Gasteiger partial charge on any atom is -0.379 e. The van der Waals surface area contributed by atoms with Gasteiger partial charge in [0.1, 0.15) is 0 Å². The molecule has 8 heteroatoms. The van der Waals surface area contributed by atoms with E-state index in [-0.39, 0.29) is 18.0 Å². The summed E-state index contributed by atoms with van der Waals surface area (Å²) in [6.45, 7) is 1.98. The van der Waals surface area contributed by atoms with E-state index in [1.54, 1.807) is 12.3 Å². The highest BCUT2D eigenvalue weighted by atomic mass is 35.5. The summed E-state index contributed by atoms with van der Waals surface area (Å²) in [6.07, 6.45) is 4.73. The van der Waals surface area contributed by atoms with E-state index in [9.17, 15) is 10.1 Å². The molecule has 0 bridgehead atoms. The van der Waals surface area contributed by atoms with Crippen LogP contribution >= 0.6 is 11.6 Å². The molecule has 2 atom stereocenters. The zero-order valence-corrected chi connectivity index (χ0v) is 16.6. The highest BCUT2D eigenvalue weighted by Crippen LogP contribution is 2.30. The number of carbonyl (C=O) groups is 1. The average Bonchev–Trinajstić information content (AvgIpc) is 3.37. The second-order valence-electron chi connectivity index (χ2n) is 7.77. The van der Waals surface area contributed by atoms with Crippen LogP contribution in [-0.4, -0.2) is 52.6 Å². The molecule has 3 aliphatic rings. The van der Waals surface area contributed by atoms with Crippen molar-refractivity contribution in [3.8, 4) is 6.07 Å². The molecule has 1 aromatic heterocycles. The molecule has 0 radical (unpaired) electrons. The maximum Gasteiger partial charge on any atom is 0.257 e. The maximum absolute atomic E-state index is 12.8. The monoisotopic (exact) mass is 409 g/mol. The third kappa shape index (κ3) is 3.33. The minimum absolute atomic E-state index is 0.00475. The Hall–Kier alpha value is -2.69. The Morgan fingerprint density at radius 1 is 1.34 bits per heavy atom. The number of amides is 1. The van der Waals surface area contributed by atoms with Gasteiger partial charge in [-0.1, -0.05) is 11.6 Å². The van der Waals surface area contributed by atoms with Gasteiger partial charge in [0, 0.05) is 36.8 Å². The normalized spacial score (nSPS) is 22.9.